The zero-order valence-electron chi connectivity index (χ0n) is 15.8. The molecule has 0 fully saturated rings. The zero-order chi connectivity index (χ0) is 20.5. The van der Waals surface area contributed by atoms with Crippen molar-refractivity contribution in [3.05, 3.63) is 57.9 Å². The Morgan fingerprint density at radius 2 is 2.00 bits per heavy atom. The van der Waals surface area contributed by atoms with Gasteiger partial charge in [-0.05, 0) is 38.5 Å². The Balaban J connectivity index is 2.10. The number of nitrogens with one attached hydrogen (secondary N) is 1. The van der Waals surface area contributed by atoms with Crippen LogP contribution >= 0.6 is 0 Å². The van der Waals surface area contributed by atoms with Gasteiger partial charge in [-0.15, -0.1) is 0 Å². The Bertz CT molecular complexity index is 943. The third-order valence-electron chi connectivity index (χ3n) is 4.45. The number of cyclic esters (lactones) is 1. The minimum atomic E-state index is -0.998. The molecule has 0 aliphatic carbocycles. The fraction of sp³-hybridized carbons (Fsp3) is 0.316. The Morgan fingerprint density at radius 1 is 1.32 bits per heavy atom. The molecular weight excluding hydrogens is 364 g/mol. The number of ether oxygens (including phenoxy) is 1. The zero-order valence-corrected chi connectivity index (χ0v) is 15.8. The van der Waals surface area contributed by atoms with E-state index in [1.54, 1.807) is 13.8 Å². The van der Waals surface area contributed by atoms with Crippen LogP contribution in [-0.4, -0.2) is 28.5 Å². The highest BCUT2D eigenvalue weighted by Crippen LogP contribution is 2.43. The lowest BCUT2D eigenvalue weighted by Gasteiger charge is -2.38. The molecule has 0 unspecified atom stereocenters. The SMILES string of the molecule is CCCN1C(=O)OC(C)(C)c2cc(NC(=O)c3ccncc3)c([N+](=O)[O-])cc21. The van der Waals surface area contributed by atoms with Gasteiger partial charge in [0.25, 0.3) is 11.6 Å². The predicted molar refractivity (Wildman–Crippen MR) is 102 cm³/mol. The molecule has 0 spiro atoms. The normalized spacial score (nSPS) is 14.8. The lowest BCUT2D eigenvalue weighted by molar-refractivity contribution is -0.383. The van der Waals surface area contributed by atoms with E-state index in [1.807, 2.05) is 6.92 Å². The number of nitrogens with zero attached hydrogens (tertiary/aromatic N) is 3. The van der Waals surface area contributed by atoms with E-state index in [1.165, 1.54) is 41.6 Å². The van der Waals surface area contributed by atoms with Crippen LogP contribution in [0.3, 0.4) is 0 Å². The van der Waals surface area contributed by atoms with Gasteiger partial charge in [0.1, 0.15) is 11.3 Å². The van der Waals surface area contributed by atoms with Gasteiger partial charge in [0.2, 0.25) is 0 Å². The molecule has 0 saturated heterocycles. The summed E-state index contributed by atoms with van der Waals surface area (Å²) >= 11 is 0. The molecule has 0 bridgehead atoms. The van der Waals surface area contributed by atoms with Crippen LogP contribution in [0.4, 0.5) is 21.9 Å². The van der Waals surface area contributed by atoms with Crippen molar-refractivity contribution in [2.75, 3.05) is 16.8 Å². The van der Waals surface area contributed by atoms with E-state index in [0.717, 1.165) is 0 Å². The van der Waals surface area contributed by atoms with Crippen molar-refractivity contribution < 1.29 is 19.2 Å². The second-order valence-electron chi connectivity index (χ2n) is 6.86. The molecule has 3 rings (SSSR count). The number of carbonyl (C=O) groups excluding carboxylic acids is 2. The fourth-order valence-corrected chi connectivity index (χ4v) is 3.09. The Morgan fingerprint density at radius 3 is 2.61 bits per heavy atom. The van der Waals surface area contributed by atoms with Crippen LogP contribution in [0.2, 0.25) is 0 Å². The number of anilines is 2. The largest absolute Gasteiger partial charge is 0.438 e. The van der Waals surface area contributed by atoms with Gasteiger partial charge in [-0.1, -0.05) is 6.92 Å². The maximum Gasteiger partial charge on any atom is 0.415 e. The first-order chi connectivity index (χ1) is 13.2. The highest BCUT2D eigenvalue weighted by molar-refractivity contribution is 6.06. The Hall–Kier alpha value is -3.49. The number of benzene rings is 1. The number of aromatic nitrogens is 1. The maximum atomic E-state index is 12.5. The van der Waals surface area contributed by atoms with E-state index < -0.39 is 22.5 Å². The van der Waals surface area contributed by atoms with Crippen LogP contribution in [0.5, 0.6) is 0 Å². The number of amides is 2. The maximum absolute atomic E-state index is 12.5. The van der Waals surface area contributed by atoms with E-state index in [0.29, 0.717) is 29.8 Å². The first kappa shape index (κ1) is 19.3. The standard InChI is InChI=1S/C19H20N4O5/c1-4-9-22-15-11-16(23(26)27)14(10-13(15)19(2,3)28-18(22)25)21-17(24)12-5-7-20-8-6-12/h5-8,10-11H,4,9H2,1-3H3,(H,21,24). The van der Waals surface area contributed by atoms with Gasteiger partial charge in [0.15, 0.2) is 0 Å². The Labute approximate surface area is 161 Å². The molecule has 9 heteroatoms. The summed E-state index contributed by atoms with van der Waals surface area (Å²) in [6, 6.07) is 5.83. The van der Waals surface area contributed by atoms with Crippen molar-refractivity contribution in [1.82, 2.24) is 4.98 Å². The fourth-order valence-electron chi connectivity index (χ4n) is 3.09. The number of hydrogen-bond donors (Lipinski definition) is 1. The minimum absolute atomic E-state index is 0.0352. The number of nitro benzene ring substituents is 1. The summed E-state index contributed by atoms with van der Waals surface area (Å²) in [6.45, 7) is 5.66. The number of rotatable bonds is 5. The van der Waals surface area contributed by atoms with Gasteiger partial charge < -0.3 is 10.1 Å². The summed E-state index contributed by atoms with van der Waals surface area (Å²) < 4.78 is 5.51. The Kier molecular flexibility index (Phi) is 5.00. The molecule has 1 aromatic carbocycles. The second-order valence-corrected chi connectivity index (χ2v) is 6.86. The van der Waals surface area contributed by atoms with Crippen LogP contribution in [0.1, 0.15) is 43.1 Å². The quantitative estimate of drug-likeness (QED) is 0.619. The number of nitro groups is 1. The lowest BCUT2D eigenvalue weighted by Crippen LogP contribution is -2.43. The first-order valence-corrected chi connectivity index (χ1v) is 8.79. The topological polar surface area (TPSA) is 115 Å². The van der Waals surface area contributed by atoms with Crippen molar-refractivity contribution in [3.8, 4) is 0 Å². The highest BCUT2D eigenvalue weighted by atomic mass is 16.6. The smallest absolute Gasteiger partial charge is 0.415 e. The molecule has 9 nitrogen and oxygen atoms in total. The molecule has 0 saturated carbocycles. The van der Waals surface area contributed by atoms with E-state index >= 15 is 0 Å². The molecular formula is C19H20N4O5. The summed E-state index contributed by atoms with van der Waals surface area (Å²) in [5.41, 5.74) is 0.0519. The molecule has 2 amide bonds. The second kappa shape index (κ2) is 7.26. The van der Waals surface area contributed by atoms with E-state index in [-0.39, 0.29) is 11.4 Å². The molecule has 0 radical (unpaired) electrons. The summed E-state index contributed by atoms with van der Waals surface area (Å²) in [4.78, 5) is 41.1. The van der Waals surface area contributed by atoms with Gasteiger partial charge in [-0.2, -0.15) is 0 Å². The highest BCUT2D eigenvalue weighted by Gasteiger charge is 2.40. The number of fused-ring (bicyclic) bond motifs is 1. The monoisotopic (exact) mass is 384 g/mol. The van der Waals surface area contributed by atoms with Gasteiger partial charge in [0, 0.05) is 36.1 Å². The van der Waals surface area contributed by atoms with Crippen LogP contribution in [0.15, 0.2) is 36.7 Å². The number of carbonyl (C=O) groups is 2. The van der Waals surface area contributed by atoms with Gasteiger partial charge in [-0.3, -0.25) is 24.8 Å². The average molecular weight is 384 g/mol. The van der Waals surface area contributed by atoms with Crippen molar-refractivity contribution in [1.29, 1.82) is 0 Å². The van der Waals surface area contributed by atoms with Crippen molar-refractivity contribution in [2.24, 2.45) is 0 Å². The molecule has 1 aliphatic rings. The van der Waals surface area contributed by atoms with Crippen LogP contribution < -0.4 is 10.2 Å². The molecule has 2 aromatic rings. The predicted octanol–water partition coefficient (Wildman–Crippen LogP) is 3.84. The van der Waals surface area contributed by atoms with Crippen LogP contribution in [0, 0.1) is 10.1 Å². The van der Waals surface area contributed by atoms with E-state index in [2.05, 4.69) is 10.3 Å². The summed E-state index contributed by atoms with van der Waals surface area (Å²) in [6.07, 6.45) is 3.02. The molecule has 28 heavy (non-hydrogen) atoms. The third kappa shape index (κ3) is 3.51. The molecule has 1 aliphatic heterocycles. The molecule has 146 valence electrons. The van der Waals surface area contributed by atoms with Gasteiger partial charge >= 0.3 is 6.09 Å². The van der Waals surface area contributed by atoms with E-state index in [4.69, 9.17) is 4.74 Å². The minimum Gasteiger partial charge on any atom is -0.438 e. The van der Waals surface area contributed by atoms with Gasteiger partial charge in [0.05, 0.1) is 10.6 Å². The molecule has 1 aromatic heterocycles. The van der Waals surface area contributed by atoms with Crippen molar-refractivity contribution in [3.63, 3.8) is 0 Å². The van der Waals surface area contributed by atoms with Gasteiger partial charge in [-0.25, -0.2) is 4.79 Å². The van der Waals surface area contributed by atoms with Crippen molar-refractivity contribution >= 4 is 29.1 Å². The molecule has 2 heterocycles. The third-order valence-corrected chi connectivity index (χ3v) is 4.45. The van der Waals surface area contributed by atoms with Crippen molar-refractivity contribution in [2.45, 2.75) is 32.8 Å². The van der Waals surface area contributed by atoms with E-state index in [9.17, 15) is 19.7 Å². The number of pyridine rings is 1. The summed E-state index contributed by atoms with van der Waals surface area (Å²) in [5.74, 6) is -0.499. The van der Waals surface area contributed by atoms with Crippen LogP contribution in [-0.2, 0) is 10.3 Å². The average Bonchev–Trinajstić information content (AvgIpc) is 2.65. The van der Waals surface area contributed by atoms with Crippen LogP contribution in [0.25, 0.3) is 0 Å². The number of hydrogen-bond acceptors (Lipinski definition) is 6. The molecule has 0 atom stereocenters. The lowest BCUT2D eigenvalue weighted by atomic mass is 9.92. The first-order valence-electron chi connectivity index (χ1n) is 8.79. The summed E-state index contributed by atoms with van der Waals surface area (Å²) in [7, 11) is 0. The summed E-state index contributed by atoms with van der Waals surface area (Å²) in [5, 5.41) is 14.2. The molecule has 1 N–H and O–H groups in total.